The second-order valence-electron chi connectivity index (χ2n) is 6.81. The Bertz CT molecular complexity index is 1290. The summed E-state index contributed by atoms with van der Waals surface area (Å²) in [6, 6.07) is 18.7. The molecule has 0 radical (unpaired) electrons. The third-order valence-corrected chi connectivity index (χ3v) is 4.85. The van der Waals surface area contributed by atoms with Crippen LogP contribution in [0, 0.1) is 10.1 Å². The number of anilines is 4. The maximum absolute atomic E-state index is 11.9. The summed E-state index contributed by atoms with van der Waals surface area (Å²) in [5, 5.41) is 20.0. The van der Waals surface area contributed by atoms with Crippen molar-refractivity contribution in [2.75, 3.05) is 23.8 Å². The van der Waals surface area contributed by atoms with E-state index in [0.29, 0.717) is 36.1 Å². The molecule has 0 bridgehead atoms. The summed E-state index contributed by atoms with van der Waals surface area (Å²) >= 11 is 0. The van der Waals surface area contributed by atoms with E-state index in [1.165, 1.54) is 6.33 Å². The number of fused-ring (bicyclic) bond motifs is 2. The molecular weight excluding hydrogens is 398 g/mol. The molecule has 0 fully saturated rings. The normalized spacial score (nSPS) is 12.4. The Morgan fingerprint density at radius 1 is 0.871 bits per heavy atom. The van der Waals surface area contributed by atoms with Crippen LogP contribution in [0.1, 0.15) is 0 Å². The Kier molecular flexibility index (Phi) is 4.68. The lowest BCUT2D eigenvalue weighted by Crippen LogP contribution is -2.15. The largest absolute Gasteiger partial charge is 0.486 e. The summed E-state index contributed by atoms with van der Waals surface area (Å²) in [6.07, 6.45) is 1.28. The molecule has 0 saturated carbocycles. The number of aromatic nitrogens is 2. The Labute approximate surface area is 176 Å². The number of nitrogens with zero attached hydrogens (tertiary/aromatic N) is 3. The summed E-state index contributed by atoms with van der Waals surface area (Å²) in [5.74, 6) is 1.37. The van der Waals surface area contributed by atoms with Crippen molar-refractivity contribution in [1.82, 2.24) is 9.97 Å². The fourth-order valence-corrected chi connectivity index (χ4v) is 3.45. The second-order valence-corrected chi connectivity index (χ2v) is 6.81. The summed E-state index contributed by atoms with van der Waals surface area (Å²) < 4.78 is 11.1. The Morgan fingerprint density at radius 3 is 2.45 bits per heavy atom. The van der Waals surface area contributed by atoms with E-state index in [-0.39, 0.29) is 17.3 Å². The quantitative estimate of drug-likeness (QED) is 0.353. The van der Waals surface area contributed by atoms with E-state index < -0.39 is 4.92 Å². The van der Waals surface area contributed by atoms with Gasteiger partial charge in [-0.3, -0.25) is 10.1 Å². The molecule has 1 aromatic heterocycles. The van der Waals surface area contributed by atoms with Crippen LogP contribution in [0.15, 0.2) is 67.0 Å². The fraction of sp³-hybridized carbons (Fsp3) is 0.0909. The molecule has 154 valence electrons. The number of ether oxygens (including phenoxy) is 2. The lowest BCUT2D eigenvalue weighted by atomic mass is 10.1. The van der Waals surface area contributed by atoms with E-state index in [1.54, 1.807) is 18.2 Å². The molecule has 3 aromatic carbocycles. The molecule has 0 saturated heterocycles. The van der Waals surface area contributed by atoms with Gasteiger partial charge in [-0.15, -0.1) is 0 Å². The van der Waals surface area contributed by atoms with Crippen molar-refractivity contribution >= 4 is 39.5 Å². The highest BCUT2D eigenvalue weighted by Crippen LogP contribution is 2.37. The molecule has 0 amide bonds. The van der Waals surface area contributed by atoms with Gasteiger partial charge in [0.1, 0.15) is 19.5 Å². The highest BCUT2D eigenvalue weighted by molar-refractivity contribution is 5.96. The highest BCUT2D eigenvalue weighted by atomic mass is 16.6. The number of rotatable bonds is 5. The van der Waals surface area contributed by atoms with Crippen LogP contribution >= 0.6 is 0 Å². The van der Waals surface area contributed by atoms with Crippen LogP contribution in [0.2, 0.25) is 0 Å². The predicted octanol–water partition coefficient (Wildman–Crippen LogP) is 4.80. The molecule has 4 aromatic rings. The van der Waals surface area contributed by atoms with Gasteiger partial charge in [-0.05, 0) is 23.6 Å². The van der Waals surface area contributed by atoms with Gasteiger partial charge in [0.05, 0.1) is 4.92 Å². The first-order valence-electron chi connectivity index (χ1n) is 9.60. The van der Waals surface area contributed by atoms with Gasteiger partial charge in [-0.2, -0.15) is 0 Å². The molecule has 0 atom stereocenters. The number of hydrogen-bond donors (Lipinski definition) is 2. The third-order valence-electron chi connectivity index (χ3n) is 4.85. The van der Waals surface area contributed by atoms with Crippen molar-refractivity contribution in [2.45, 2.75) is 0 Å². The average molecular weight is 415 g/mol. The van der Waals surface area contributed by atoms with Crippen LogP contribution in [0.3, 0.4) is 0 Å². The van der Waals surface area contributed by atoms with Crippen LogP contribution in [0.25, 0.3) is 10.8 Å². The molecule has 9 heteroatoms. The van der Waals surface area contributed by atoms with Crippen LogP contribution in [0.4, 0.5) is 28.7 Å². The van der Waals surface area contributed by atoms with Crippen LogP contribution in [-0.4, -0.2) is 28.1 Å². The first-order valence-corrected chi connectivity index (χ1v) is 9.60. The fourth-order valence-electron chi connectivity index (χ4n) is 3.45. The molecule has 31 heavy (non-hydrogen) atoms. The first-order chi connectivity index (χ1) is 15.2. The topological polar surface area (TPSA) is 111 Å². The van der Waals surface area contributed by atoms with E-state index in [9.17, 15) is 10.1 Å². The molecule has 0 aliphatic carbocycles. The lowest BCUT2D eigenvalue weighted by molar-refractivity contribution is -0.383. The zero-order valence-electron chi connectivity index (χ0n) is 16.2. The Balaban J connectivity index is 1.51. The minimum absolute atomic E-state index is 0.0689. The molecule has 9 nitrogen and oxygen atoms in total. The van der Waals surface area contributed by atoms with Crippen LogP contribution in [0.5, 0.6) is 11.5 Å². The molecule has 2 heterocycles. The van der Waals surface area contributed by atoms with Crippen molar-refractivity contribution < 1.29 is 14.4 Å². The molecule has 1 aliphatic rings. The number of benzene rings is 3. The van der Waals surface area contributed by atoms with Gasteiger partial charge < -0.3 is 20.1 Å². The minimum atomic E-state index is -0.506. The van der Waals surface area contributed by atoms with Gasteiger partial charge in [0.2, 0.25) is 11.6 Å². The van der Waals surface area contributed by atoms with E-state index in [1.807, 2.05) is 42.5 Å². The minimum Gasteiger partial charge on any atom is -0.486 e. The highest BCUT2D eigenvalue weighted by Gasteiger charge is 2.24. The van der Waals surface area contributed by atoms with Crippen molar-refractivity contribution in [3.8, 4) is 11.5 Å². The lowest BCUT2D eigenvalue weighted by Gasteiger charge is -2.19. The predicted molar refractivity (Wildman–Crippen MR) is 117 cm³/mol. The molecule has 5 rings (SSSR count). The van der Waals surface area contributed by atoms with Crippen LogP contribution in [-0.2, 0) is 0 Å². The number of nitrogens with one attached hydrogen (secondary N) is 2. The SMILES string of the molecule is O=[N+]([O-])c1c(Nc2ccc3c(c2)OCCO3)ncnc1Nc1cccc2ccccc12. The van der Waals surface area contributed by atoms with Gasteiger partial charge in [0, 0.05) is 22.8 Å². The number of hydrogen-bond acceptors (Lipinski definition) is 8. The first kappa shape index (κ1) is 18.6. The third kappa shape index (κ3) is 3.64. The summed E-state index contributed by atoms with van der Waals surface area (Å²) in [4.78, 5) is 19.6. The maximum Gasteiger partial charge on any atom is 0.353 e. The smallest absolute Gasteiger partial charge is 0.353 e. The standard InChI is InChI=1S/C22H17N5O4/c28-27(29)20-21(25-15-8-9-18-19(12-15)31-11-10-30-18)23-13-24-22(20)26-17-7-3-5-14-4-1-2-6-16(14)17/h1-9,12-13H,10-11H2,(H2,23,24,25,26). The number of nitro groups is 1. The summed E-state index contributed by atoms with van der Waals surface area (Å²) in [7, 11) is 0. The van der Waals surface area contributed by atoms with Crippen LogP contribution < -0.4 is 20.1 Å². The van der Waals surface area contributed by atoms with Gasteiger partial charge in [0.15, 0.2) is 11.5 Å². The van der Waals surface area contributed by atoms with E-state index in [0.717, 1.165) is 10.8 Å². The second kappa shape index (κ2) is 7.79. The zero-order valence-corrected chi connectivity index (χ0v) is 16.2. The van der Waals surface area contributed by atoms with E-state index in [2.05, 4.69) is 20.6 Å². The molecule has 1 aliphatic heterocycles. The van der Waals surface area contributed by atoms with E-state index in [4.69, 9.17) is 9.47 Å². The summed E-state index contributed by atoms with van der Waals surface area (Å²) in [6.45, 7) is 0.934. The van der Waals surface area contributed by atoms with E-state index >= 15 is 0 Å². The Morgan fingerprint density at radius 2 is 1.61 bits per heavy atom. The van der Waals surface area contributed by atoms with Crippen molar-refractivity contribution in [1.29, 1.82) is 0 Å². The van der Waals surface area contributed by atoms with Gasteiger partial charge in [-0.25, -0.2) is 9.97 Å². The molecule has 2 N–H and O–H groups in total. The van der Waals surface area contributed by atoms with Gasteiger partial charge >= 0.3 is 5.69 Å². The maximum atomic E-state index is 11.9. The molecule has 0 spiro atoms. The van der Waals surface area contributed by atoms with Crippen molar-refractivity contribution in [2.24, 2.45) is 0 Å². The van der Waals surface area contributed by atoms with Crippen molar-refractivity contribution in [3.05, 3.63) is 77.1 Å². The monoisotopic (exact) mass is 415 g/mol. The van der Waals surface area contributed by atoms with Gasteiger partial charge in [-0.1, -0.05) is 36.4 Å². The van der Waals surface area contributed by atoms with Gasteiger partial charge in [0.25, 0.3) is 0 Å². The molecule has 0 unspecified atom stereocenters. The zero-order chi connectivity index (χ0) is 21.2. The van der Waals surface area contributed by atoms with Crippen molar-refractivity contribution in [3.63, 3.8) is 0 Å². The molecular formula is C22H17N5O4. The Hall–Kier alpha value is -4.40. The summed E-state index contributed by atoms with van der Waals surface area (Å²) in [5.41, 5.74) is 1.04. The average Bonchev–Trinajstić information content (AvgIpc) is 2.79.